The number of allylic oxidation sites excluding steroid dienone is 2. The van der Waals surface area contributed by atoms with Gasteiger partial charge in [-0.1, -0.05) is 54.9 Å². The van der Waals surface area contributed by atoms with Crippen LogP contribution in [0.4, 0.5) is 0 Å². The molecule has 10 nitrogen and oxygen atoms in total. The molecule has 0 bridgehead atoms. The number of nitrogens with zero attached hydrogens (tertiary/aromatic N) is 2. The van der Waals surface area contributed by atoms with Gasteiger partial charge in [0.2, 0.25) is 0 Å². The van der Waals surface area contributed by atoms with Crippen LogP contribution in [0, 0.1) is 25.2 Å². The van der Waals surface area contributed by atoms with E-state index >= 15 is 0 Å². The largest absolute Gasteiger partial charge is 0.493 e. The third-order valence-electron chi connectivity index (χ3n) is 10.5. The highest BCUT2D eigenvalue weighted by Crippen LogP contribution is 2.37. The van der Waals surface area contributed by atoms with Crippen LogP contribution in [0.1, 0.15) is 54.4 Å². The lowest BCUT2D eigenvalue weighted by molar-refractivity contribution is -0.144. The molecular weight excluding hydrogens is 833 g/mol. The molecule has 12 heteroatoms. The smallest absolute Gasteiger partial charge is 0.320 e. The zero-order chi connectivity index (χ0) is 39.5. The lowest BCUT2D eigenvalue weighted by Gasteiger charge is -2.33. The van der Waals surface area contributed by atoms with E-state index in [1.54, 1.807) is 18.2 Å². The number of benzene rings is 3. The van der Waals surface area contributed by atoms with Crippen molar-refractivity contribution >= 4 is 46.4 Å². The van der Waals surface area contributed by atoms with Gasteiger partial charge in [-0.25, -0.2) is 0 Å². The summed E-state index contributed by atoms with van der Waals surface area (Å²) in [7, 11) is 0. The number of aliphatic hydroxyl groups is 2. The maximum Gasteiger partial charge on any atom is 0.320 e. The molecule has 2 aliphatic rings. The highest BCUT2D eigenvalue weighted by atomic mass is 127. The number of piperidine rings is 2. The molecule has 0 aliphatic carbocycles. The Labute approximate surface area is 343 Å². The number of nitrogens with one attached hydrogen (secondary N) is 1. The Morgan fingerprint density at radius 1 is 1.00 bits per heavy atom. The Balaban J connectivity index is 1.33. The maximum absolute atomic E-state index is 12.1. The van der Waals surface area contributed by atoms with Crippen LogP contribution >= 0.6 is 34.2 Å². The van der Waals surface area contributed by atoms with Crippen molar-refractivity contribution in [2.75, 3.05) is 46.0 Å². The van der Waals surface area contributed by atoms with Crippen molar-refractivity contribution in [1.29, 1.82) is 5.41 Å². The SMILES string of the molecule is C=C(I)/C=C(\C=N)COc1cc(OCc2cccc(-c3cccc(OC[C@@H]4CCCN(CC(O)CO)C4)c3C)c2C)c(Cl)cc1CN1CCCC[C@H]1C(=O)O. The van der Waals surface area contributed by atoms with E-state index in [0.29, 0.717) is 60.7 Å². The van der Waals surface area contributed by atoms with E-state index in [9.17, 15) is 20.1 Å². The third kappa shape index (κ3) is 11.8. The first kappa shape index (κ1) is 42.7. The van der Waals surface area contributed by atoms with Gasteiger partial charge >= 0.3 is 5.97 Å². The summed E-state index contributed by atoms with van der Waals surface area (Å²) >= 11 is 8.95. The topological polar surface area (TPSA) is 136 Å². The highest BCUT2D eigenvalue weighted by Gasteiger charge is 2.29. The molecule has 0 aromatic heterocycles. The number of β-amino-alcohol motifs (C(OH)–C–C–N with tert-alkyl or cyclic N) is 1. The van der Waals surface area contributed by atoms with E-state index in [1.165, 1.54) is 6.21 Å². The summed E-state index contributed by atoms with van der Waals surface area (Å²) in [6.07, 6.45) is 6.77. The van der Waals surface area contributed by atoms with E-state index in [-0.39, 0.29) is 19.8 Å². The second kappa shape index (κ2) is 20.6. The van der Waals surface area contributed by atoms with Crippen molar-refractivity contribution in [1.82, 2.24) is 9.80 Å². The summed E-state index contributed by atoms with van der Waals surface area (Å²) in [5.74, 6) is 1.31. The summed E-state index contributed by atoms with van der Waals surface area (Å²) in [5.41, 5.74) is 6.65. The molecule has 3 aromatic rings. The van der Waals surface area contributed by atoms with E-state index in [2.05, 4.69) is 60.0 Å². The molecule has 1 unspecified atom stereocenters. The average molecular weight is 886 g/mol. The van der Waals surface area contributed by atoms with Crippen molar-refractivity contribution in [2.45, 2.75) is 71.2 Å². The molecule has 2 saturated heterocycles. The van der Waals surface area contributed by atoms with Gasteiger partial charge in [-0.15, -0.1) is 0 Å². The van der Waals surface area contributed by atoms with Crippen molar-refractivity contribution in [3.8, 4) is 28.4 Å². The predicted molar refractivity (Wildman–Crippen MR) is 226 cm³/mol. The number of hydrogen-bond acceptors (Lipinski definition) is 9. The number of hydrogen-bond donors (Lipinski definition) is 4. The standard InChI is InChI=1S/C43H53ClIN3O7/c1-28(45)17-32(20-46)26-54-41-19-42(38(44)18-34(41)22-48-16-5-4-13-39(48)43(51)52)55-27-33-10-6-11-36(29(33)2)37-12-7-14-40(30(37)3)53-25-31-9-8-15-47(21-31)23-35(50)24-49/h6-7,10-12,14,17-20,31,35,39,46,49-50H,1,4-5,8-9,13,15-16,21-27H2,2-3H3,(H,51,52)/b32-17+,46-20?/t31-,35?,39+/m1/s1. The molecule has 2 heterocycles. The first-order chi connectivity index (χ1) is 26.5. The number of aliphatic carboxylic acids is 1. The number of aliphatic hydroxyl groups excluding tert-OH is 2. The molecule has 0 amide bonds. The monoisotopic (exact) mass is 885 g/mol. The fourth-order valence-corrected chi connectivity index (χ4v) is 8.12. The van der Waals surface area contributed by atoms with Crippen LogP contribution in [0.3, 0.4) is 0 Å². The van der Waals surface area contributed by atoms with Gasteiger partial charge in [-0.2, -0.15) is 0 Å². The molecule has 0 spiro atoms. The molecule has 5 rings (SSSR count). The summed E-state index contributed by atoms with van der Waals surface area (Å²) in [5, 5.41) is 37.3. The van der Waals surface area contributed by atoms with Gasteiger partial charge in [0.1, 0.15) is 36.5 Å². The van der Waals surface area contributed by atoms with Crippen molar-refractivity contribution in [3.05, 3.63) is 97.6 Å². The normalized spacial score (nSPS) is 18.8. The summed E-state index contributed by atoms with van der Waals surface area (Å²) < 4.78 is 19.8. The average Bonchev–Trinajstić information content (AvgIpc) is 3.17. The molecule has 2 aliphatic heterocycles. The van der Waals surface area contributed by atoms with Crippen molar-refractivity contribution in [2.24, 2.45) is 5.92 Å². The molecule has 2 fully saturated rings. The Hall–Kier alpha value is -3.46. The summed E-state index contributed by atoms with van der Waals surface area (Å²) in [6, 6.07) is 15.3. The van der Waals surface area contributed by atoms with Gasteiger partial charge in [0.25, 0.3) is 0 Å². The molecule has 3 aromatic carbocycles. The second-order valence-electron chi connectivity index (χ2n) is 14.5. The lowest BCUT2D eigenvalue weighted by atomic mass is 9.93. The summed E-state index contributed by atoms with van der Waals surface area (Å²) in [4.78, 5) is 16.2. The second-order valence-corrected chi connectivity index (χ2v) is 16.3. The van der Waals surface area contributed by atoms with Gasteiger partial charge in [0, 0.05) is 52.5 Å². The number of carboxylic acids is 1. The fraction of sp³-hybridized carbons (Fsp3) is 0.442. The lowest BCUT2D eigenvalue weighted by Crippen LogP contribution is -2.44. The van der Waals surface area contributed by atoms with E-state index in [4.69, 9.17) is 31.2 Å². The fourth-order valence-electron chi connectivity index (χ4n) is 7.48. The van der Waals surface area contributed by atoms with Gasteiger partial charge in [0.15, 0.2) is 0 Å². The Bertz CT molecular complexity index is 1850. The third-order valence-corrected chi connectivity index (χ3v) is 11.1. The number of likely N-dealkylation sites (tertiary alicyclic amines) is 2. The minimum atomic E-state index is -0.834. The van der Waals surface area contributed by atoms with Crippen molar-refractivity contribution in [3.63, 3.8) is 0 Å². The molecule has 296 valence electrons. The number of halogens is 2. The van der Waals surface area contributed by atoms with Gasteiger partial charge in [0.05, 0.1) is 24.3 Å². The van der Waals surface area contributed by atoms with Crippen LogP contribution in [0.5, 0.6) is 17.2 Å². The van der Waals surface area contributed by atoms with Crippen LogP contribution in [0.2, 0.25) is 5.02 Å². The van der Waals surface area contributed by atoms with Gasteiger partial charge in [-0.05, 0) is 121 Å². The predicted octanol–water partition coefficient (Wildman–Crippen LogP) is 7.99. The van der Waals surface area contributed by atoms with Crippen LogP contribution in [0.25, 0.3) is 11.1 Å². The number of ether oxygens (including phenoxy) is 3. The Kier molecular flexibility index (Phi) is 16.0. The molecule has 4 N–H and O–H groups in total. The minimum absolute atomic E-state index is 0.124. The zero-order valence-corrected chi connectivity index (χ0v) is 34.7. The molecular formula is C43H53ClIN3O7. The van der Waals surface area contributed by atoms with Crippen LogP contribution < -0.4 is 14.2 Å². The van der Waals surface area contributed by atoms with E-state index < -0.39 is 18.1 Å². The van der Waals surface area contributed by atoms with Crippen LogP contribution in [-0.4, -0.2) is 95.4 Å². The molecule has 0 radical (unpaired) electrons. The van der Waals surface area contributed by atoms with Crippen LogP contribution in [-0.2, 0) is 17.9 Å². The zero-order valence-electron chi connectivity index (χ0n) is 31.7. The molecule has 3 atom stereocenters. The van der Waals surface area contributed by atoms with Crippen LogP contribution in [0.15, 0.2) is 70.3 Å². The summed E-state index contributed by atoms with van der Waals surface area (Å²) in [6.45, 7) is 12.0. The first-order valence-electron chi connectivity index (χ1n) is 18.9. The quantitative estimate of drug-likeness (QED) is 0.0570. The number of rotatable bonds is 18. The van der Waals surface area contributed by atoms with E-state index in [1.807, 2.05) is 29.2 Å². The number of carboxylic acid groups (broad SMARTS) is 1. The molecule has 0 saturated carbocycles. The van der Waals surface area contributed by atoms with E-state index in [0.717, 1.165) is 81.5 Å². The molecule has 55 heavy (non-hydrogen) atoms. The Morgan fingerprint density at radius 2 is 1.76 bits per heavy atom. The first-order valence-corrected chi connectivity index (χ1v) is 20.4. The maximum atomic E-state index is 12.1. The van der Waals surface area contributed by atoms with Crippen molar-refractivity contribution < 1.29 is 34.3 Å². The van der Waals surface area contributed by atoms with Gasteiger partial charge < -0.3 is 39.8 Å². The minimum Gasteiger partial charge on any atom is -0.493 e. The van der Waals surface area contributed by atoms with Gasteiger partial charge in [-0.3, -0.25) is 9.69 Å². The highest BCUT2D eigenvalue weighted by molar-refractivity contribution is 14.1. The number of carbonyl (C=O) groups is 1. The Morgan fingerprint density at radius 3 is 2.49 bits per heavy atom.